The molecule has 0 spiro atoms. The van der Waals surface area contributed by atoms with Crippen molar-refractivity contribution >= 4 is 33.2 Å². The van der Waals surface area contributed by atoms with Gasteiger partial charge >= 0.3 is 5.97 Å². The van der Waals surface area contributed by atoms with Gasteiger partial charge in [-0.05, 0) is 17.9 Å². The number of carbonyl (C=O) groups excluding carboxylic acids is 1. The number of carbonyl (C=O) groups is 2. The van der Waals surface area contributed by atoms with Crippen LogP contribution >= 0.6 is 11.3 Å². The molecule has 9 heteroatoms. The van der Waals surface area contributed by atoms with Gasteiger partial charge in [-0.3, -0.25) is 4.79 Å². The fourth-order valence-corrected chi connectivity index (χ4v) is 3.58. The van der Waals surface area contributed by atoms with Crippen LogP contribution in [-0.4, -0.2) is 38.0 Å². The number of thiophene rings is 1. The van der Waals surface area contributed by atoms with Crippen LogP contribution in [0.1, 0.15) is 26.2 Å². The van der Waals surface area contributed by atoms with Gasteiger partial charge in [0.1, 0.15) is 10.3 Å². The first kappa shape index (κ1) is 17.6. The third kappa shape index (κ3) is 5.82. The minimum absolute atomic E-state index is 0.107. The fourth-order valence-electron chi connectivity index (χ4n) is 1.56. The van der Waals surface area contributed by atoms with Crippen LogP contribution in [-0.2, 0) is 19.6 Å². The van der Waals surface area contributed by atoms with Crippen molar-refractivity contribution in [1.29, 1.82) is 0 Å². The van der Waals surface area contributed by atoms with Gasteiger partial charge in [-0.25, -0.2) is 17.9 Å². The molecule has 0 aliphatic carbocycles. The Morgan fingerprint density at radius 2 is 2.14 bits per heavy atom. The predicted octanol–water partition coefficient (Wildman–Crippen LogP) is 0.786. The molecule has 0 fully saturated rings. The molecule has 1 atom stereocenters. The second kappa shape index (κ2) is 8.11. The van der Waals surface area contributed by atoms with E-state index in [-0.39, 0.29) is 4.21 Å². The Hall–Kier alpha value is -1.45. The van der Waals surface area contributed by atoms with Crippen LogP contribution in [0.4, 0.5) is 0 Å². The lowest BCUT2D eigenvalue weighted by Gasteiger charge is -2.14. The van der Waals surface area contributed by atoms with Crippen molar-refractivity contribution in [1.82, 2.24) is 10.0 Å². The zero-order valence-electron chi connectivity index (χ0n) is 11.5. The highest BCUT2D eigenvalue weighted by Gasteiger charge is 2.21. The van der Waals surface area contributed by atoms with Gasteiger partial charge in [-0.15, -0.1) is 11.3 Å². The summed E-state index contributed by atoms with van der Waals surface area (Å²) in [4.78, 5) is 22.6. The van der Waals surface area contributed by atoms with Gasteiger partial charge in [0.15, 0.2) is 0 Å². The molecule has 0 saturated heterocycles. The molecular formula is C12H18N2O5S2. The largest absolute Gasteiger partial charge is 0.480 e. The average Bonchev–Trinajstić information content (AvgIpc) is 2.96. The quantitative estimate of drug-likeness (QED) is 0.618. The average molecular weight is 334 g/mol. The van der Waals surface area contributed by atoms with E-state index >= 15 is 0 Å². The number of nitrogens with one attached hydrogen (secondary N) is 2. The summed E-state index contributed by atoms with van der Waals surface area (Å²) in [6, 6.07) is 2.01. The molecule has 118 valence electrons. The van der Waals surface area contributed by atoms with E-state index in [0.717, 1.165) is 17.8 Å². The van der Waals surface area contributed by atoms with Gasteiger partial charge in [-0.1, -0.05) is 25.8 Å². The lowest BCUT2D eigenvalue weighted by Crippen LogP contribution is -2.45. The van der Waals surface area contributed by atoms with Crippen LogP contribution in [0.15, 0.2) is 21.7 Å². The predicted molar refractivity (Wildman–Crippen MR) is 78.6 cm³/mol. The molecule has 7 nitrogen and oxygen atoms in total. The highest BCUT2D eigenvalue weighted by atomic mass is 32.2. The van der Waals surface area contributed by atoms with Crippen molar-refractivity contribution in [2.24, 2.45) is 0 Å². The Morgan fingerprint density at radius 3 is 2.67 bits per heavy atom. The zero-order valence-corrected chi connectivity index (χ0v) is 13.2. The van der Waals surface area contributed by atoms with Gasteiger partial charge in [0, 0.05) is 0 Å². The summed E-state index contributed by atoms with van der Waals surface area (Å²) < 4.78 is 25.8. The Morgan fingerprint density at radius 1 is 1.43 bits per heavy atom. The second-order valence-corrected chi connectivity index (χ2v) is 7.30. The van der Waals surface area contributed by atoms with Gasteiger partial charge in [0.05, 0.1) is 6.54 Å². The molecule has 0 aliphatic rings. The normalized spacial score (nSPS) is 12.8. The zero-order chi connectivity index (χ0) is 15.9. The standard InChI is InChI=1S/C12H18N2O5S2/c1-2-3-5-9(12(16)17)14-10(15)8-13-21(18,19)11-6-4-7-20-11/h4,6-7,9,13H,2-3,5,8H2,1H3,(H,14,15)(H,16,17)/t9-/m0/s1. The monoisotopic (exact) mass is 334 g/mol. The number of aliphatic carboxylic acids is 1. The molecule has 1 heterocycles. The summed E-state index contributed by atoms with van der Waals surface area (Å²) in [5, 5.41) is 12.9. The maximum atomic E-state index is 11.8. The van der Waals surface area contributed by atoms with Crippen LogP contribution in [0.5, 0.6) is 0 Å². The molecule has 1 amide bonds. The minimum atomic E-state index is -3.72. The Bertz CT molecular complexity index is 568. The minimum Gasteiger partial charge on any atom is -0.480 e. The topological polar surface area (TPSA) is 113 Å². The van der Waals surface area contributed by atoms with Gasteiger partial charge in [-0.2, -0.15) is 0 Å². The first-order valence-corrected chi connectivity index (χ1v) is 8.78. The SMILES string of the molecule is CCCC[C@H](NC(=O)CNS(=O)(=O)c1cccs1)C(=O)O. The summed E-state index contributed by atoms with van der Waals surface area (Å²) >= 11 is 1.04. The van der Waals surface area contributed by atoms with Crippen LogP contribution in [0.2, 0.25) is 0 Å². The molecule has 21 heavy (non-hydrogen) atoms. The first-order valence-electron chi connectivity index (χ1n) is 6.42. The number of sulfonamides is 1. The molecule has 3 N–H and O–H groups in total. The molecular weight excluding hydrogens is 316 g/mol. The van der Waals surface area contributed by atoms with Crippen LogP contribution in [0, 0.1) is 0 Å². The third-order valence-electron chi connectivity index (χ3n) is 2.66. The molecule has 1 aromatic rings. The number of unbranched alkanes of at least 4 members (excludes halogenated alkanes) is 1. The van der Waals surface area contributed by atoms with Crippen LogP contribution in [0.3, 0.4) is 0 Å². The van der Waals surface area contributed by atoms with Crippen molar-refractivity contribution in [3.63, 3.8) is 0 Å². The smallest absolute Gasteiger partial charge is 0.326 e. The number of hydrogen-bond donors (Lipinski definition) is 3. The van der Waals surface area contributed by atoms with E-state index in [1.54, 1.807) is 11.4 Å². The fraction of sp³-hybridized carbons (Fsp3) is 0.500. The van der Waals surface area contributed by atoms with E-state index in [4.69, 9.17) is 5.11 Å². The lowest BCUT2D eigenvalue weighted by molar-refractivity contribution is -0.141. The van der Waals surface area contributed by atoms with Crippen LogP contribution in [0.25, 0.3) is 0 Å². The van der Waals surface area contributed by atoms with Crippen LogP contribution < -0.4 is 10.0 Å². The Balaban J connectivity index is 2.51. The number of carboxylic acid groups (broad SMARTS) is 1. The molecule has 0 saturated carbocycles. The summed E-state index contributed by atoms with van der Waals surface area (Å²) in [5.41, 5.74) is 0. The summed E-state index contributed by atoms with van der Waals surface area (Å²) in [6.07, 6.45) is 1.79. The van der Waals surface area contributed by atoms with E-state index in [1.165, 1.54) is 6.07 Å². The van der Waals surface area contributed by atoms with Crippen molar-refractivity contribution in [3.05, 3.63) is 17.5 Å². The molecule has 0 aromatic carbocycles. The molecule has 0 unspecified atom stereocenters. The van der Waals surface area contributed by atoms with Gasteiger partial charge in [0.25, 0.3) is 10.0 Å². The van der Waals surface area contributed by atoms with E-state index in [9.17, 15) is 18.0 Å². The molecule has 1 rings (SSSR count). The van der Waals surface area contributed by atoms with Crippen molar-refractivity contribution < 1.29 is 23.1 Å². The van der Waals surface area contributed by atoms with E-state index < -0.39 is 34.5 Å². The van der Waals surface area contributed by atoms with Crippen molar-refractivity contribution in [2.45, 2.75) is 36.4 Å². The molecule has 1 aromatic heterocycles. The summed E-state index contributed by atoms with van der Waals surface area (Å²) in [7, 11) is -3.72. The summed E-state index contributed by atoms with van der Waals surface area (Å²) in [6.45, 7) is 1.42. The maximum absolute atomic E-state index is 11.8. The lowest BCUT2D eigenvalue weighted by atomic mass is 10.1. The third-order valence-corrected chi connectivity index (χ3v) is 5.46. The highest BCUT2D eigenvalue weighted by Crippen LogP contribution is 2.14. The number of carboxylic acids is 1. The Labute approximate surface area is 127 Å². The van der Waals surface area contributed by atoms with Gasteiger partial charge < -0.3 is 10.4 Å². The highest BCUT2D eigenvalue weighted by molar-refractivity contribution is 7.91. The van der Waals surface area contributed by atoms with E-state index in [1.807, 2.05) is 6.92 Å². The molecule has 0 aliphatic heterocycles. The Kier molecular flexibility index (Phi) is 6.79. The number of rotatable bonds is 9. The second-order valence-electron chi connectivity index (χ2n) is 4.36. The van der Waals surface area contributed by atoms with Crippen molar-refractivity contribution in [3.8, 4) is 0 Å². The van der Waals surface area contributed by atoms with E-state index in [2.05, 4.69) is 10.0 Å². The number of hydrogen-bond acceptors (Lipinski definition) is 5. The summed E-state index contributed by atoms with van der Waals surface area (Å²) in [5.74, 6) is -1.79. The number of amides is 1. The molecule has 0 bridgehead atoms. The van der Waals surface area contributed by atoms with Crippen molar-refractivity contribution in [2.75, 3.05) is 6.54 Å². The molecule has 0 radical (unpaired) electrons. The van der Waals surface area contributed by atoms with E-state index in [0.29, 0.717) is 12.8 Å². The maximum Gasteiger partial charge on any atom is 0.326 e. The first-order chi connectivity index (χ1) is 9.86. The van der Waals surface area contributed by atoms with Gasteiger partial charge in [0.2, 0.25) is 5.91 Å².